The highest BCUT2D eigenvalue weighted by Crippen LogP contribution is 2.11. The Balaban J connectivity index is 3.41. The molecule has 60 valence electrons. The normalized spacial score (nSPS) is 10.0. The molecule has 0 fully saturated rings. The molecule has 0 amide bonds. The zero-order chi connectivity index (χ0) is 8.43. The van der Waals surface area contributed by atoms with Crippen molar-refractivity contribution in [3.8, 4) is 5.88 Å². The predicted octanol–water partition coefficient (Wildman–Crippen LogP) is 0.882. The minimum absolute atomic E-state index is 0.0694. The summed E-state index contributed by atoms with van der Waals surface area (Å²) < 4.78 is 1.33. The molecule has 1 aromatic rings. The van der Waals surface area contributed by atoms with Crippen molar-refractivity contribution in [3.05, 3.63) is 28.0 Å². The first-order valence-corrected chi connectivity index (χ1v) is 3.56. The Kier molecular flexibility index (Phi) is 1.98. The summed E-state index contributed by atoms with van der Waals surface area (Å²) in [6, 6.07) is 3.07. The third-order valence-corrected chi connectivity index (χ3v) is 1.67. The smallest absolute Gasteiger partial charge is 0.253 e. The third-order valence-electron chi connectivity index (χ3n) is 1.67. The highest BCUT2D eigenvalue weighted by molar-refractivity contribution is 5.23. The van der Waals surface area contributed by atoms with Gasteiger partial charge in [-0.1, -0.05) is 0 Å². The van der Waals surface area contributed by atoms with Crippen LogP contribution in [0.15, 0.2) is 16.9 Å². The number of pyridine rings is 1. The monoisotopic (exact) mass is 153 g/mol. The topological polar surface area (TPSA) is 42.2 Å². The lowest BCUT2D eigenvalue weighted by atomic mass is 10.3. The fourth-order valence-electron chi connectivity index (χ4n) is 0.984. The Hall–Kier alpha value is -1.25. The molecule has 1 rings (SSSR count). The van der Waals surface area contributed by atoms with Crippen molar-refractivity contribution in [3.63, 3.8) is 0 Å². The molecule has 3 nitrogen and oxygen atoms in total. The van der Waals surface area contributed by atoms with Crippen LogP contribution in [-0.4, -0.2) is 9.67 Å². The molecule has 0 aliphatic heterocycles. The molecule has 11 heavy (non-hydrogen) atoms. The van der Waals surface area contributed by atoms with Crippen LogP contribution < -0.4 is 5.56 Å². The van der Waals surface area contributed by atoms with Gasteiger partial charge in [-0.2, -0.15) is 0 Å². The maximum atomic E-state index is 11.0. The molecule has 0 aromatic carbocycles. The van der Waals surface area contributed by atoms with Gasteiger partial charge in [0.15, 0.2) is 5.88 Å². The lowest BCUT2D eigenvalue weighted by Crippen LogP contribution is -2.17. The number of hydrogen-bond donors (Lipinski definition) is 1. The molecule has 0 atom stereocenters. The summed E-state index contributed by atoms with van der Waals surface area (Å²) in [6.07, 6.45) is 0. The van der Waals surface area contributed by atoms with Crippen LogP contribution in [-0.2, 0) is 6.54 Å². The number of aromatic nitrogens is 1. The van der Waals surface area contributed by atoms with Crippen molar-refractivity contribution in [2.24, 2.45) is 0 Å². The summed E-state index contributed by atoms with van der Waals surface area (Å²) in [5, 5.41) is 9.34. The van der Waals surface area contributed by atoms with E-state index in [1.54, 1.807) is 13.0 Å². The van der Waals surface area contributed by atoms with Crippen LogP contribution in [0.3, 0.4) is 0 Å². The molecule has 0 bridgehead atoms. The highest BCUT2D eigenvalue weighted by atomic mass is 16.3. The van der Waals surface area contributed by atoms with Crippen molar-refractivity contribution < 1.29 is 5.11 Å². The van der Waals surface area contributed by atoms with Gasteiger partial charge in [0.2, 0.25) is 0 Å². The van der Waals surface area contributed by atoms with Crippen LogP contribution in [0.1, 0.15) is 12.5 Å². The van der Waals surface area contributed by atoms with Gasteiger partial charge in [-0.25, -0.2) is 0 Å². The van der Waals surface area contributed by atoms with E-state index < -0.39 is 0 Å². The fraction of sp³-hybridized carbons (Fsp3) is 0.375. The zero-order valence-electron chi connectivity index (χ0n) is 6.66. The van der Waals surface area contributed by atoms with Gasteiger partial charge in [-0.15, -0.1) is 0 Å². The zero-order valence-corrected chi connectivity index (χ0v) is 6.66. The average Bonchev–Trinajstić information content (AvgIpc) is 1.99. The van der Waals surface area contributed by atoms with E-state index in [1.165, 1.54) is 10.6 Å². The summed E-state index contributed by atoms with van der Waals surface area (Å²) in [6.45, 7) is 4.09. The first kappa shape index (κ1) is 7.85. The minimum atomic E-state index is -0.157. The van der Waals surface area contributed by atoms with Crippen molar-refractivity contribution in [1.29, 1.82) is 0 Å². The first-order chi connectivity index (χ1) is 5.16. The van der Waals surface area contributed by atoms with Crippen LogP contribution in [0.4, 0.5) is 0 Å². The average molecular weight is 153 g/mol. The number of aromatic hydroxyl groups is 1. The van der Waals surface area contributed by atoms with E-state index in [9.17, 15) is 9.90 Å². The third kappa shape index (κ3) is 1.27. The molecule has 3 heteroatoms. The van der Waals surface area contributed by atoms with Crippen LogP contribution in [0.5, 0.6) is 5.88 Å². The molecule has 0 saturated heterocycles. The van der Waals surface area contributed by atoms with E-state index in [0.717, 1.165) is 5.56 Å². The van der Waals surface area contributed by atoms with E-state index in [-0.39, 0.29) is 11.4 Å². The largest absolute Gasteiger partial charge is 0.494 e. The Morgan fingerprint density at radius 3 is 2.64 bits per heavy atom. The SMILES string of the molecule is CCn1c(O)c(C)ccc1=O. The van der Waals surface area contributed by atoms with E-state index >= 15 is 0 Å². The molecular formula is C8H11NO2. The van der Waals surface area contributed by atoms with Gasteiger partial charge in [0.05, 0.1) is 0 Å². The van der Waals surface area contributed by atoms with Crippen LogP contribution in [0, 0.1) is 6.92 Å². The van der Waals surface area contributed by atoms with Gasteiger partial charge in [-0.3, -0.25) is 9.36 Å². The van der Waals surface area contributed by atoms with Gasteiger partial charge < -0.3 is 5.11 Å². The van der Waals surface area contributed by atoms with Crippen molar-refractivity contribution in [2.45, 2.75) is 20.4 Å². The number of hydrogen-bond acceptors (Lipinski definition) is 2. The van der Waals surface area contributed by atoms with Crippen molar-refractivity contribution in [2.75, 3.05) is 0 Å². The molecule has 0 unspecified atom stereocenters. The Bertz CT molecular complexity index is 314. The van der Waals surface area contributed by atoms with E-state index in [4.69, 9.17) is 0 Å². The quantitative estimate of drug-likeness (QED) is 0.650. The molecule has 0 spiro atoms. The maximum absolute atomic E-state index is 11.0. The molecule has 0 radical (unpaired) electrons. The Labute approximate surface area is 64.9 Å². The summed E-state index contributed by atoms with van der Waals surface area (Å²) in [5.41, 5.74) is 0.571. The highest BCUT2D eigenvalue weighted by Gasteiger charge is 2.01. The summed E-state index contributed by atoms with van der Waals surface area (Å²) in [7, 11) is 0. The molecule has 1 aromatic heterocycles. The van der Waals surface area contributed by atoms with Crippen LogP contribution in [0.25, 0.3) is 0 Å². The summed E-state index contributed by atoms with van der Waals surface area (Å²) in [4.78, 5) is 11.0. The van der Waals surface area contributed by atoms with Gasteiger partial charge >= 0.3 is 0 Å². The van der Waals surface area contributed by atoms with Gasteiger partial charge in [0.1, 0.15) is 0 Å². The maximum Gasteiger partial charge on any atom is 0.253 e. The Morgan fingerprint density at radius 2 is 2.18 bits per heavy atom. The predicted molar refractivity (Wildman–Crippen MR) is 42.8 cm³/mol. The molecule has 0 aliphatic carbocycles. The molecule has 0 saturated carbocycles. The van der Waals surface area contributed by atoms with Crippen molar-refractivity contribution >= 4 is 0 Å². The van der Waals surface area contributed by atoms with Gasteiger partial charge in [0.25, 0.3) is 5.56 Å². The van der Waals surface area contributed by atoms with Crippen LogP contribution in [0.2, 0.25) is 0 Å². The summed E-state index contributed by atoms with van der Waals surface area (Å²) >= 11 is 0. The lowest BCUT2D eigenvalue weighted by molar-refractivity contribution is 0.407. The van der Waals surface area contributed by atoms with Crippen LogP contribution >= 0.6 is 0 Å². The first-order valence-electron chi connectivity index (χ1n) is 3.56. The van der Waals surface area contributed by atoms with Crippen molar-refractivity contribution in [1.82, 2.24) is 4.57 Å². The molecule has 1 heterocycles. The van der Waals surface area contributed by atoms with Gasteiger partial charge in [-0.05, 0) is 19.9 Å². The fourth-order valence-corrected chi connectivity index (χ4v) is 0.984. The molecular weight excluding hydrogens is 142 g/mol. The van der Waals surface area contributed by atoms with E-state index in [2.05, 4.69) is 0 Å². The standard InChI is InChI=1S/C8H11NO2/c1-3-9-7(10)5-4-6(2)8(9)11/h4-5,11H,3H2,1-2H3. The second-order valence-corrected chi connectivity index (χ2v) is 2.42. The van der Waals surface area contributed by atoms with E-state index in [0.29, 0.717) is 6.54 Å². The van der Waals surface area contributed by atoms with Gasteiger partial charge in [0, 0.05) is 18.2 Å². The second kappa shape index (κ2) is 2.78. The Morgan fingerprint density at radius 1 is 1.55 bits per heavy atom. The lowest BCUT2D eigenvalue weighted by Gasteiger charge is -2.05. The number of rotatable bonds is 1. The second-order valence-electron chi connectivity index (χ2n) is 2.42. The number of nitrogens with zero attached hydrogens (tertiary/aromatic N) is 1. The number of aryl methyl sites for hydroxylation is 1. The summed E-state index contributed by atoms with van der Waals surface area (Å²) in [5.74, 6) is 0.0694. The molecule has 0 aliphatic rings. The minimum Gasteiger partial charge on any atom is -0.494 e. The van der Waals surface area contributed by atoms with E-state index in [1.807, 2.05) is 6.92 Å². The molecule has 1 N–H and O–H groups in total.